The molecule has 3 rings (SSSR count). The molecule has 0 radical (unpaired) electrons. The van der Waals surface area contributed by atoms with E-state index in [1.165, 1.54) is 23.1 Å². The smallest absolute Gasteiger partial charge is 0.208 e. The molecular weight excluding hydrogens is 376 g/mol. The van der Waals surface area contributed by atoms with Gasteiger partial charge in [0.15, 0.2) is 0 Å². The van der Waals surface area contributed by atoms with E-state index < -0.39 is 16.0 Å². The predicted molar refractivity (Wildman–Crippen MR) is 101 cm³/mol. The second-order valence-corrected chi connectivity index (χ2v) is 9.50. The summed E-state index contributed by atoms with van der Waals surface area (Å²) in [6.07, 6.45) is 4.63. The summed E-state index contributed by atoms with van der Waals surface area (Å²) >= 11 is 2.68. The van der Waals surface area contributed by atoms with Crippen LogP contribution in [0, 0.1) is 0 Å². The Bertz CT molecular complexity index is 1010. The highest BCUT2D eigenvalue weighted by atomic mass is 32.2. The standard InChI is InChI=1S/C16H18N4O2S3/c1-20-7-6-19-15(20)10-4-3-5-11(8-10)25(21,22)13-9-12(14(17)18)24-16(13)23-2/h3-9,14H,17-18H2,1-2H3. The van der Waals surface area contributed by atoms with Gasteiger partial charge < -0.3 is 16.0 Å². The van der Waals surface area contributed by atoms with Crippen molar-refractivity contribution < 1.29 is 8.42 Å². The minimum atomic E-state index is -3.68. The minimum Gasteiger partial charge on any atom is -0.334 e. The van der Waals surface area contributed by atoms with Crippen LogP contribution in [0.5, 0.6) is 0 Å². The maximum atomic E-state index is 13.1. The number of hydrogen-bond acceptors (Lipinski definition) is 7. The summed E-state index contributed by atoms with van der Waals surface area (Å²) in [5.74, 6) is 0.706. The van der Waals surface area contributed by atoms with E-state index in [0.717, 1.165) is 5.56 Å². The summed E-state index contributed by atoms with van der Waals surface area (Å²) in [6, 6.07) is 8.36. The van der Waals surface area contributed by atoms with Crippen LogP contribution in [0.2, 0.25) is 0 Å². The highest BCUT2D eigenvalue weighted by Crippen LogP contribution is 2.38. The summed E-state index contributed by atoms with van der Waals surface area (Å²) in [7, 11) is -1.82. The Morgan fingerprint density at radius 2 is 2.04 bits per heavy atom. The topological polar surface area (TPSA) is 104 Å². The van der Waals surface area contributed by atoms with Gasteiger partial charge in [-0.1, -0.05) is 12.1 Å². The number of imidazole rings is 1. The van der Waals surface area contributed by atoms with Gasteiger partial charge in [0.25, 0.3) is 0 Å². The monoisotopic (exact) mass is 394 g/mol. The highest BCUT2D eigenvalue weighted by Gasteiger charge is 2.25. The lowest BCUT2D eigenvalue weighted by molar-refractivity contribution is 0.595. The molecule has 132 valence electrons. The van der Waals surface area contributed by atoms with E-state index in [0.29, 0.717) is 14.9 Å². The van der Waals surface area contributed by atoms with E-state index in [2.05, 4.69) is 4.98 Å². The molecule has 4 N–H and O–H groups in total. The molecule has 1 aromatic carbocycles. The van der Waals surface area contributed by atoms with E-state index in [1.54, 1.807) is 30.5 Å². The fourth-order valence-electron chi connectivity index (χ4n) is 2.44. The second kappa shape index (κ2) is 6.93. The molecule has 25 heavy (non-hydrogen) atoms. The average molecular weight is 395 g/mol. The molecule has 0 aliphatic rings. The first kappa shape index (κ1) is 18.2. The van der Waals surface area contributed by atoms with Crippen LogP contribution < -0.4 is 11.5 Å². The SMILES string of the molecule is CSc1sc(C(N)N)cc1S(=O)(=O)c1cccc(-c2nccn2C)c1. The molecule has 0 atom stereocenters. The van der Waals surface area contributed by atoms with E-state index in [-0.39, 0.29) is 9.79 Å². The molecule has 2 aromatic heterocycles. The number of benzene rings is 1. The average Bonchev–Trinajstić information content (AvgIpc) is 3.21. The number of rotatable bonds is 5. The van der Waals surface area contributed by atoms with Gasteiger partial charge in [-0.25, -0.2) is 13.4 Å². The van der Waals surface area contributed by atoms with E-state index in [4.69, 9.17) is 11.5 Å². The Morgan fingerprint density at radius 3 is 2.64 bits per heavy atom. The van der Waals surface area contributed by atoms with Gasteiger partial charge in [-0.2, -0.15) is 0 Å². The third-order valence-corrected chi connectivity index (χ3v) is 8.12. The number of nitrogens with zero attached hydrogens (tertiary/aromatic N) is 2. The Morgan fingerprint density at radius 1 is 1.28 bits per heavy atom. The molecule has 9 heteroatoms. The van der Waals surface area contributed by atoms with Gasteiger partial charge in [-0.15, -0.1) is 23.1 Å². The molecule has 0 saturated carbocycles. The summed E-state index contributed by atoms with van der Waals surface area (Å²) < 4.78 is 28.8. The molecule has 6 nitrogen and oxygen atoms in total. The molecule has 0 saturated heterocycles. The third kappa shape index (κ3) is 3.38. The van der Waals surface area contributed by atoms with Crippen molar-refractivity contribution in [3.8, 4) is 11.4 Å². The zero-order chi connectivity index (χ0) is 18.2. The zero-order valence-corrected chi connectivity index (χ0v) is 16.2. The van der Waals surface area contributed by atoms with Crippen molar-refractivity contribution in [3.63, 3.8) is 0 Å². The third-order valence-electron chi connectivity index (χ3n) is 3.71. The van der Waals surface area contributed by atoms with E-state index >= 15 is 0 Å². The van der Waals surface area contributed by atoms with Crippen molar-refractivity contribution in [3.05, 3.63) is 47.6 Å². The van der Waals surface area contributed by atoms with Crippen molar-refractivity contribution >= 4 is 32.9 Å². The maximum Gasteiger partial charge on any atom is 0.208 e. The first-order chi connectivity index (χ1) is 11.8. The number of aromatic nitrogens is 2. The van der Waals surface area contributed by atoms with Gasteiger partial charge >= 0.3 is 0 Å². The first-order valence-corrected chi connectivity index (χ1v) is 10.9. The number of thioether (sulfide) groups is 1. The minimum absolute atomic E-state index is 0.221. The van der Waals surface area contributed by atoms with Gasteiger partial charge in [0, 0.05) is 29.9 Å². The lowest BCUT2D eigenvalue weighted by Crippen LogP contribution is -2.18. The molecule has 2 heterocycles. The zero-order valence-electron chi connectivity index (χ0n) is 13.7. The molecule has 0 fully saturated rings. The summed E-state index contributed by atoms with van der Waals surface area (Å²) in [5.41, 5.74) is 12.2. The van der Waals surface area contributed by atoms with Gasteiger partial charge in [-0.05, 0) is 24.5 Å². The van der Waals surface area contributed by atoms with E-state index in [1.807, 2.05) is 30.1 Å². The Balaban J connectivity index is 2.11. The molecular formula is C16H18N4O2S3. The van der Waals surface area contributed by atoms with Crippen LogP contribution in [-0.2, 0) is 16.9 Å². The maximum absolute atomic E-state index is 13.1. The molecule has 3 aromatic rings. The fraction of sp³-hybridized carbons (Fsp3) is 0.188. The second-order valence-electron chi connectivity index (χ2n) is 5.42. The van der Waals surface area contributed by atoms with Crippen LogP contribution in [0.25, 0.3) is 11.4 Å². The first-order valence-electron chi connectivity index (χ1n) is 7.36. The predicted octanol–water partition coefficient (Wildman–Crippen LogP) is 2.62. The van der Waals surface area contributed by atoms with Crippen molar-refractivity contribution in [1.29, 1.82) is 0 Å². The van der Waals surface area contributed by atoms with Crippen molar-refractivity contribution in [2.75, 3.05) is 6.26 Å². The summed E-state index contributed by atoms with van der Waals surface area (Å²) in [6.45, 7) is 0. The van der Waals surface area contributed by atoms with Crippen molar-refractivity contribution in [2.24, 2.45) is 18.5 Å². The normalized spacial score (nSPS) is 12.0. The van der Waals surface area contributed by atoms with Gasteiger partial charge in [0.1, 0.15) is 5.82 Å². The highest BCUT2D eigenvalue weighted by molar-refractivity contribution is 8.01. The lowest BCUT2D eigenvalue weighted by atomic mass is 10.2. The number of hydrogen-bond donors (Lipinski definition) is 2. The van der Waals surface area contributed by atoms with Crippen LogP contribution in [0.1, 0.15) is 11.0 Å². The van der Waals surface area contributed by atoms with Gasteiger partial charge in [-0.3, -0.25) is 0 Å². The van der Waals surface area contributed by atoms with Crippen molar-refractivity contribution in [1.82, 2.24) is 9.55 Å². The number of sulfone groups is 1. The van der Waals surface area contributed by atoms with Crippen LogP contribution >= 0.6 is 23.1 Å². The Labute approximate surface area is 154 Å². The quantitative estimate of drug-likeness (QED) is 0.509. The van der Waals surface area contributed by atoms with Gasteiger partial charge in [0.2, 0.25) is 9.84 Å². The Kier molecular flexibility index (Phi) is 5.03. The van der Waals surface area contributed by atoms with Crippen LogP contribution in [0.15, 0.2) is 56.7 Å². The number of aryl methyl sites for hydroxylation is 1. The van der Waals surface area contributed by atoms with Gasteiger partial charge in [0.05, 0.1) is 20.2 Å². The fourth-order valence-corrected chi connectivity index (χ4v) is 6.41. The van der Waals surface area contributed by atoms with Crippen molar-refractivity contribution in [2.45, 2.75) is 20.2 Å². The van der Waals surface area contributed by atoms with Crippen LogP contribution in [-0.4, -0.2) is 24.2 Å². The number of nitrogens with two attached hydrogens (primary N) is 2. The van der Waals surface area contributed by atoms with Crippen LogP contribution in [0.3, 0.4) is 0 Å². The molecule has 0 bridgehead atoms. The lowest BCUT2D eigenvalue weighted by Gasteiger charge is -2.07. The molecule has 0 aliphatic carbocycles. The Hall–Kier alpha value is -1.65. The van der Waals surface area contributed by atoms with E-state index in [9.17, 15) is 8.42 Å². The van der Waals surface area contributed by atoms with Crippen LogP contribution in [0.4, 0.5) is 0 Å². The number of thiophene rings is 1. The summed E-state index contributed by atoms with van der Waals surface area (Å²) in [5, 5.41) is 0. The molecule has 0 amide bonds. The molecule has 0 aliphatic heterocycles. The molecule has 0 spiro atoms. The summed E-state index contributed by atoms with van der Waals surface area (Å²) in [4.78, 5) is 5.39. The molecule has 0 unspecified atom stereocenters. The largest absolute Gasteiger partial charge is 0.334 e.